The molecule has 0 spiro atoms. The van der Waals surface area contributed by atoms with Crippen molar-refractivity contribution in [3.05, 3.63) is 42.0 Å². The second-order valence-electron chi connectivity index (χ2n) is 3.53. The molecule has 1 aromatic rings. The number of carbonyl (C=O) groups is 1. The number of hydrogen-bond donors (Lipinski definition) is 1. The molecule has 0 aliphatic heterocycles. The molecule has 2 heteroatoms. The van der Waals surface area contributed by atoms with E-state index in [1.54, 1.807) is 6.08 Å². The molecule has 0 unspecified atom stereocenters. The number of rotatable bonds is 3. The topological polar surface area (TPSA) is 29.1 Å². The van der Waals surface area contributed by atoms with E-state index in [2.05, 4.69) is 5.32 Å². The standard InChI is InChI=1S/C12H13NO/c14-12(13-11-7-8-11)9-6-10-4-2-1-3-5-10/h1-6,9,11H,7-8H2,(H,13,14). The minimum absolute atomic E-state index is 0.0105. The van der Waals surface area contributed by atoms with Gasteiger partial charge in [-0.15, -0.1) is 0 Å². The summed E-state index contributed by atoms with van der Waals surface area (Å²) in [7, 11) is 0. The van der Waals surface area contributed by atoms with Gasteiger partial charge in [-0.05, 0) is 24.5 Å². The van der Waals surface area contributed by atoms with Gasteiger partial charge in [-0.3, -0.25) is 4.79 Å². The summed E-state index contributed by atoms with van der Waals surface area (Å²) in [6.07, 6.45) is 5.68. The summed E-state index contributed by atoms with van der Waals surface area (Å²) in [5.41, 5.74) is 1.05. The van der Waals surface area contributed by atoms with Crippen molar-refractivity contribution in [2.75, 3.05) is 0 Å². The summed E-state index contributed by atoms with van der Waals surface area (Å²) >= 11 is 0. The van der Waals surface area contributed by atoms with Crippen LogP contribution in [0.4, 0.5) is 0 Å². The molecule has 1 N–H and O–H groups in total. The quantitative estimate of drug-likeness (QED) is 0.720. The highest BCUT2D eigenvalue weighted by molar-refractivity contribution is 5.92. The molecule has 1 aromatic carbocycles. The van der Waals surface area contributed by atoms with Crippen molar-refractivity contribution < 1.29 is 4.79 Å². The summed E-state index contributed by atoms with van der Waals surface area (Å²) in [6.45, 7) is 0. The fourth-order valence-electron chi connectivity index (χ4n) is 1.21. The van der Waals surface area contributed by atoms with Gasteiger partial charge in [0, 0.05) is 12.1 Å². The number of nitrogens with one attached hydrogen (secondary N) is 1. The molecule has 1 aliphatic rings. The molecule has 0 aromatic heterocycles. The Morgan fingerprint density at radius 2 is 2.00 bits per heavy atom. The fraction of sp³-hybridized carbons (Fsp3) is 0.250. The molecule has 0 heterocycles. The van der Waals surface area contributed by atoms with Crippen molar-refractivity contribution in [1.29, 1.82) is 0 Å². The molecular formula is C12H13NO. The van der Waals surface area contributed by atoms with E-state index in [1.807, 2.05) is 36.4 Å². The van der Waals surface area contributed by atoms with Gasteiger partial charge in [-0.25, -0.2) is 0 Å². The minimum Gasteiger partial charge on any atom is -0.350 e. The van der Waals surface area contributed by atoms with Gasteiger partial charge in [0.1, 0.15) is 0 Å². The lowest BCUT2D eigenvalue weighted by Gasteiger charge is -1.96. The van der Waals surface area contributed by atoms with Crippen LogP contribution in [0.1, 0.15) is 18.4 Å². The molecule has 1 aliphatic carbocycles. The number of amides is 1. The molecule has 1 saturated carbocycles. The van der Waals surface area contributed by atoms with Crippen LogP contribution in [0, 0.1) is 0 Å². The summed E-state index contributed by atoms with van der Waals surface area (Å²) in [5, 5.41) is 2.90. The Bertz CT molecular complexity index is 339. The molecule has 1 fully saturated rings. The highest BCUT2D eigenvalue weighted by atomic mass is 16.1. The normalized spacial score (nSPS) is 15.7. The average molecular weight is 187 g/mol. The van der Waals surface area contributed by atoms with Gasteiger partial charge in [-0.2, -0.15) is 0 Å². The third kappa shape index (κ3) is 2.73. The van der Waals surface area contributed by atoms with Crippen LogP contribution in [0.15, 0.2) is 36.4 Å². The van der Waals surface area contributed by atoms with Crippen molar-refractivity contribution in [3.8, 4) is 0 Å². The Kier molecular flexibility index (Phi) is 2.63. The lowest BCUT2D eigenvalue weighted by molar-refractivity contribution is -0.116. The van der Waals surface area contributed by atoms with Gasteiger partial charge in [-0.1, -0.05) is 30.3 Å². The Labute approximate surface area is 83.6 Å². The van der Waals surface area contributed by atoms with E-state index in [-0.39, 0.29) is 5.91 Å². The van der Waals surface area contributed by atoms with Crippen LogP contribution in [0.25, 0.3) is 6.08 Å². The van der Waals surface area contributed by atoms with Crippen LogP contribution in [0.2, 0.25) is 0 Å². The second kappa shape index (κ2) is 4.09. The SMILES string of the molecule is O=C(C=Cc1ccccc1)NC1CC1. The molecule has 2 rings (SSSR count). The van der Waals surface area contributed by atoms with Crippen LogP contribution >= 0.6 is 0 Å². The van der Waals surface area contributed by atoms with Gasteiger partial charge >= 0.3 is 0 Å². The van der Waals surface area contributed by atoms with Crippen molar-refractivity contribution in [2.45, 2.75) is 18.9 Å². The highest BCUT2D eigenvalue weighted by Crippen LogP contribution is 2.18. The molecule has 0 bridgehead atoms. The lowest BCUT2D eigenvalue weighted by Crippen LogP contribution is -2.22. The largest absolute Gasteiger partial charge is 0.350 e. The minimum atomic E-state index is 0.0105. The molecule has 1 amide bonds. The maximum absolute atomic E-state index is 11.3. The van der Waals surface area contributed by atoms with Gasteiger partial charge in [0.2, 0.25) is 5.91 Å². The van der Waals surface area contributed by atoms with E-state index >= 15 is 0 Å². The first kappa shape index (κ1) is 9.00. The Hall–Kier alpha value is -1.57. The van der Waals surface area contributed by atoms with Gasteiger partial charge in [0.05, 0.1) is 0 Å². The van der Waals surface area contributed by atoms with Gasteiger partial charge in [0.15, 0.2) is 0 Å². The molecule has 2 nitrogen and oxygen atoms in total. The summed E-state index contributed by atoms with van der Waals surface area (Å²) in [5.74, 6) is 0.0105. The second-order valence-corrected chi connectivity index (χ2v) is 3.53. The monoisotopic (exact) mass is 187 g/mol. The van der Waals surface area contributed by atoms with Crippen molar-refractivity contribution in [1.82, 2.24) is 5.32 Å². The predicted octanol–water partition coefficient (Wildman–Crippen LogP) is 1.98. The molecule has 72 valence electrons. The van der Waals surface area contributed by atoms with Crippen molar-refractivity contribution in [3.63, 3.8) is 0 Å². The van der Waals surface area contributed by atoms with E-state index in [0.29, 0.717) is 6.04 Å². The Balaban J connectivity index is 1.89. The molecule has 0 radical (unpaired) electrons. The summed E-state index contributed by atoms with van der Waals surface area (Å²) in [4.78, 5) is 11.3. The first-order chi connectivity index (χ1) is 6.84. The highest BCUT2D eigenvalue weighted by Gasteiger charge is 2.21. The molecule has 0 atom stereocenters. The van der Waals surface area contributed by atoms with Crippen molar-refractivity contribution >= 4 is 12.0 Å². The van der Waals surface area contributed by atoms with E-state index in [9.17, 15) is 4.79 Å². The van der Waals surface area contributed by atoms with E-state index in [4.69, 9.17) is 0 Å². The first-order valence-corrected chi connectivity index (χ1v) is 4.88. The third-order valence-electron chi connectivity index (χ3n) is 2.15. The molecule has 14 heavy (non-hydrogen) atoms. The van der Waals surface area contributed by atoms with Crippen LogP contribution in [-0.2, 0) is 4.79 Å². The fourth-order valence-corrected chi connectivity index (χ4v) is 1.21. The number of hydrogen-bond acceptors (Lipinski definition) is 1. The zero-order valence-corrected chi connectivity index (χ0v) is 7.94. The van der Waals surface area contributed by atoms with E-state index in [1.165, 1.54) is 0 Å². The van der Waals surface area contributed by atoms with Crippen molar-refractivity contribution in [2.24, 2.45) is 0 Å². The van der Waals surface area contributed by atoms with E-state index in [0.717, 1.165) is 18.4 Å². The van der Waals surface area contributed by atoms with Crippen LogP contribution in [0.5, 0.6) is 0 Å². The van der Waals surface area contributed by atoms with Crippen LogP contribution in [-0.4, -0.2) is 11.9 Å². The number of carbonyl (C=O) groups excluding carboxylic acids is 1. The third-order valence-corrected chi connectivity index (χ3v) is 2.15. The zero-order valence-electron chi connectivity index (χ0n) is 7.94. The Morgan fingerprint density at radius 3 is 2.64 bits per heavy atom. The van der Waals surface area contributed by atoms with Gasteiger partial charge < -0.3 is 5.32 Å². The van der Waals surface area contributed by atoms with Crippen LogP contribution in [0.3, 0.4) is 0 Å². The predicted molar refractivity (Wildman–Crippen MR) is 56.6 cm³/mol. The van der Waals surface area contributed by atoms with Gasteiger partial charge in [0.25, 0.3) is 0 Å². The summed E-state index contributed by atoms with van der Waals surface area (Å²) < 4.78 is 0. The Morgan fingerprint density at radius 1 is 1.29 bits per heavy atom. The lowest BCUT2D eigenvalue weighted by atomic mass is 10.2. The van der Waals surface area contributed by atoms with Crippen LogP contribution < -0.4 is 5.32 Å². The van der Waals surface area contributed by atoms with E-state index < -0.39 is 0 Å². The molecular weight excluding hydrogens is 174 g/mol. The smallest absolute Gasteiger partial charge is 0.244 e. The number of benzene rings is 1. The maximum atomic E-state index is 11.3. The summed E-state index contributed by atoms with van der Waals surface area (Å²) in [6, 6.07) is 10.3. The first-order valence-electron chi connectivity index (χ1n) is 4.88. The average Bonchev–Trinajstić information content (AvgIpc) is 3.00. The zero-order chi connectivity index (χ0) is 9.80. The molecule has 0 saturated heterocycles. The maximum Gasteiger partial charge on any atom is 0.244 e.